The van der Waals surface area contributed by atoms with Gasteiger partial charge in [-0.15, -0.1) is 0 Å². The Hall–Kier alpha value is -1.83. The first kappa shape index (κ1) is 18.9. The highest BCUT2D eigenvalue weighted by atomic mass is 32.2. The van der Waals surface area contributed by atoms with Crippen molar-refractivity contribution in [3.8, 4) is 0 Å². The normalized spacial score (nSPS) is 16.7. The number of hydrogen-bond acceptors (Lipinski definition) is 3. The van der Waals surface area contributed by atoms with E-state index < -0.39 is 26.6 Å². The number of piperidine rings is 1. The van der Waals surface area contributed by atoms with Crippen LogP contribution in [0.2, 0.25) is 0 Å². The smallest absolute Gasteiger partial charge is 0.245 e. The highest BCUT2D eigenvalue weighted by molar-refractivity contribution is 7.89. The zero-order chi connectivity index (χ0) is 18.6. The van der Waals surface area contributed by atoms with E-state index in [1.165, 1.54) is 4.31 Å². The van der Waals surface area contributed by atoms with E-state index in [4.69, 9.17) is 4.74 Å². The maximum atomic E-state index is 13.8. The molecule has 1 fully saturated rings. The first-order valence-corrected chi connectivity index (χ1v) is 9.97. The molecule has 3 rings (SSSR count). The number of hydrogen-bond donors (Lipinski definition) is 0. The highest BCUT2D eigenvalue weighted by Crippen LogP contribution is 2.26. The fraction of sp³-hybridized carbons (Fsp3) is 0.368. The van der Waals surface area contributed by atoms with Gasteiger partial charge in [-0.05, 0) is 36.5 Å². The molecule has 1 aliphatic rings. The van der Waals surface area contributed by atoms with Gasteiger partial charge in [-0.3, -0.25) is 0 Å². The van der Waals surface area contributed by atoms with Gasteiger partial charge in [0.25, 0.3) is 0 Å². The third-order valence-corrected chi connectivity index (χ3v) is 6.48. The molecular formula is C19H21F2NO3S. The monoisotopic (exact) mass is 381 g/mol. The number of ether oxygens (including phenoxy) is 1. The minimum absolute atomic E-state index is 0.267. The van der Waals surface area contributed by atoms with Gasteiger partial charge in [-0.25, -0.2) is 17.2 Å². The van der Waals surface area contributed by atoms with E-state index in [2.05, 4.69) is 0 Å². The molecule has 1 aliphatic heterocycles. The Balaban J connectivity index is 1.53. The van der Waals surface area contributed by atoms with Gasteiger partial charge in [-0.2, -0.15) is 4.31 Å². The summed E-state index contributed by atoms with van der Waals surface area (Å²) in [7, 11) is -3.95. The lowest BCUT2D eigenvalue weighted by atomic mass is 9.99. The van der Waals surface area contributed by atoms with Gasteiger partial charge < -0.3 is 4.74 Å². The molecule has 4 nitrogen and oxygen atoms in total. The van der Waals surface area contributed by atoms with E-state index in [1.54, 1.807) is 0 Å². The van der Waals surface area contributed by atoms with Gasteiger partial charge in [0.2, 0.25) is 10.0 Å². The Kier molecular flexibility index (Phi) is 6.01. The Morgan fingerprint density at radius 3 is 2.38 bits per heavy atom. The molecule has 2 aromatic carbocycles. The summed E-state index contributed by atoms with van der Waals surface area (Å²) in [6, 6.07) is 12.4. The number of halogens is 2. The van der Waals surface area contributed by atoms with Crippen molar-refractivity contribution in [2.24, 2.45) is 5.92 Å². The van der Waals surface area contributed by atoms with Crippen LogP contribution in [0.4, 0.5) is 8.78 Å². The summed E-state index contributed by atoms with van der Waals surface area (Å²) in [4.78, 5) is -0.474. The van der Waals surface area contributed by atoms with E-state index in [-0.39, 0.29) is 5.92 Å². The molecule has 0 aliphatic carbocycles. The number of rotatable bonds is 6. The van der Waals surface area contributed by atoms with Crippen molar-refractivity contribution < 1.29 is 21.9 Å². The molecule has 0 saturated carbocycles. The van der Waals surface area contributed by atoms with Crippen LogP contribution in [-0.2, 0) is 21.4 Å². The van der Waals surface area contributed by atoms with Crippen LogP contribution in [0.25, 0.3) is 0 Å². The van der Waals surface area contributed by atoms with Crippen molar-refractivity contribution in [1.82, 2.24) is 4.31 Å². The minimum Gasteiger partial charge on any atom is -0.376 e. The Morgan fingerprint density at radius 2 is 1.73 bits per heavy atom. The van der Waals surface area contributed by atoms with E-state index in [1.807, 2.05) is 30.3 Å². The fourth-order valence-corrected chi connectivity index (χ4v) is 4.57. The zero-order valence-electron chi connectivity index (χ0n) is 14.3. The van der Waals surface area contributed by atoms with Crippen LogP contribution in [0, 0.1) is 17.6 Å². The maximum absolute atomic E-state index is 13.8. The Morgan fingerprint density at radius 1 is 1.04 bits per heavy atom. The largest absolute Gasteiger partial charge is 0.376 e. The van der Waals surface area contributed by atoms with Gasteiger partial charge in [-0.1, -0.05) is 30.3 Å². The SMILES string of the molecule is O=S(=O)(c1ccc(F)cc1F)N1CCC(COCc2ccccc2)CC1. The van der Waals surface area contributed by atoms with Crippen molar-refractivity contribution in [3.63, 3.8) is 0 Å². The molecule has 0 N–H and O–H groups in total. The molecule has 0 spiro atoms. The van der Waals surface area contributed by atoms with Crippen LogP contribution in [-0.4, -0.2) is 32.4 Å². The second-order valence-corrected chi connectivity index (χ2v) is 8.33. The number of nitrogens with zero attached hydrogens (tertiary/aromatic N) is 1. The predicted octanol–water partition coefficient (Wildman–Crippen LogP) is 3.58. The van der Waals surface area contributed by atoms with Crippen LogP contribution < -0.4 is 0 Å². The summed E-state index contributed by atoms with van der Waals surface area (Å²) in [6.45, 7) is 1.70. The van der Waals surface area contributed by atoms with Crippen molar-refractivity contribution in [3.05, 3.63) is 65.7 Å². The average Bonchev–Trinajstić information content (AvgIpc) is 2.63. The van der Waals surface area contributed by atoms with Crippen LogP contribution in [0.15, 0.2) is 53.4 Å². The average molecular weight is 381 g/mol. The van der Waals surface area contributed by atoms with E-state index in [9.17, 15) is 17.2 Å². The number of benzene rings is 2. The summed E-state index contributed by atoms with van der Waals surface area (Å²) >= 11 is 0. The molecule has 2 aromatic rings. The molecule has 140 valence electrons. The fourth-order valence-electron chi connectivity index (χ4n) is 3.06. The van der Waals surface area contributed by atoms with E-state index >= 15 is 0 Å². The minimum atomic E-state index is -3.95. The lowest BCUT2D eigenvalue weighted by molar-refractivity contribution is 0.0687. The van der Waals surface area contributed by atoms with Crippen LogP contribution in [0.3, 0.4) is 0 Å². The molecule has 0 atom stereocenters. The molecule has 0 aromatic heterocycles. The predicted molar refractivity (Wildman–Crippen MR) is 93.9 cm³/mol. The Bertz CT molecular complexity index is 835. The quantitative estimate of drug-likeness (QED) is 0.768. The summed E-state index contributed by atoms with van der Waals surface area (Å²) in [5.41, 5.74) is 1.10. The van der Waals surface area contributed by atoms with Crippen molar-refractivity contribution in [2.75, 3.05) is 19.7 Å². The maximum Gasteiger partial charge on any atom is 0.245 e. The Labute approximate surface area is 152 Å². The zero-order valence-corrected chi connectivity index (χ0v) is 15.1. The summed E-state index contributed by atoms with van der Waals surface area (Å²) in [5, 5.41) is 0. The molecule has 0 amide bonds. The van der Waals surface area contributed by atoms with E-state index in [0.29, 0.717) is 45.2 Å². The molecule has 26 heavy (non-hydrogen) atoms. The summed E-state index contributed by atoms with van der Waals surface area (Å²) in [6.07, 6.45) is 1.30. The molecule has 0 radical (unpaired) electrons. The summed E-state index contributed by atoms with van der Waals surface area (Å²) in [5.74, 6) is -1.59. The molecule has 0 unspecified atom stereocenters. The molecule has 1 saturated heterocycles. The van der Waals surface area contributed by atoms with Crippen molar-refractivity contribution in [1.29, 1.82) is 0 Å². The third kappa shape index (κ3) is 4.47. The lowest BCUT2D eigenvalue weighted by Crippen LogP contribution is -2.39. The number of sulfonamides is 1. The second kappa shape index (κ2) is 8.24. The van der Waals surface area contributed by atoms with Gasteiger partial charge >= 0.3 is 0 Å². The van der Waals surface area contributed by atoms with Crippen molar-refractivity contribution in [2.45, 2.75) is 24.3 Å². The second-order valence-electron chi connectivity index (χ2n) is 6.42. The molecule has 7 heteroatoms. The van der Waals surface area contributed by atoms with Crippen molar-refractivity contribution >= 4 is 10.0 Å². The lowest BCUT2D eigenvalue weighted by Gasteiger charge is -2.31. The highest BCUT2D eigenvalue weighted by Gasteiger charge is 2.31. The first-order chi connectivity index (χ1) is 12.5. The van der Waals surface area contributed by atoms with E-state index in [0.717, 1.165) is 17.7 Å². The van der Waals surface area contributed by atoms with Crippen LogP contribution >= 0.6 is 0 Å². The van der Waals surface area contributed by atoms with Gasteiger partial charge in [0.05, 0.1) is 6.61 Å². The van der Waals surface area contributed by atoms with Gasteiger partial charge in [0.15, 0.2) is 0 Å². The third-order valence-electron chi connectivity index (χ3n) is 4.55. The van der Waals surface area contributed by atoms with Crippen LogP contribution in [0.1, 0.15) is 18.4 Å². The van der Waals surface area contributed by atoms with Gasteiger partial charge in [0, 0.05) is 25.8 Å². The standard InChI is InChI=1S/C19H21F2NO3S/c20-17-6-7-19(18(21)12-17)26(23,24)22-10-8-16(9-11-22)14-25-13-15-4-2-1-3-5-15/h1-7,12,16H,8-11,13-14H2. The molecule has 0 bridgehead atoms. The topological polar surface area (TPSA) is 46.6 Å². The molecule has 1 heterocycles. The molecular weight excluding hydrogens is 360 g/mol. The van der Waals surface area contributed by atoms with Gasteiger partial charge in [0.1, 0.15) is 16.5 Å². The summed E-state index contributed by atoms with van der Waals surface area (Å²) < 4.78 is 59.0. The van der Waals surface area contributed by atoms with Crippen LogP contribution in [0.5, 0.6) is 0 Å². The first-order valence-electron chi connectivity index (χ1n) is 8.53.